The number of nitrogens with one attached hydrogen (secondary N) is 1. The van der Waals surface area contributed by atoms with E-state index in [2.05, 4.69) is 5.32 Å². The standard InChI is InChI=1S/C19H14Cl2N2O2/c20-15-2-1-3-16(21)18(15)19(25)23-11-12-4-6-13(7-5-12)14-8-9-22-17(24)10-14/h1-10H,11H2,(H,22,24)(H,23,25)/p+1. The second-order valence-electron chi connectivity index (χ2n) is 5.50. The molecule has 2 aromatic rings. The van der Waals surface area contributed by atoms with Crippen LogP contribution in [0, 0.1) is 0 Å². The molecule has 0 bridgehead atoms. The summed E-state index contributed by atoms with van der Waals surface area (Å²) in [6.07, 6.45) is 5.22. The number of carbonyl (C=O) groups is 2. The summed E-state index contributed by atoms with van der Waals surface area (Å²) < 4.78 is 0. The number of quaternary nitrogens is 1. The molecular weight excluding hydrogens is 359 g/mol. The lowest BCUT2D eigenvalue weighted by Crippen LogP contribution is -2.82. The predicted molar refractivity (Wildman–Crippen MR) is 98.1 cm³/mol. The summed E-state index contributed by atoms with van der Waals surface area (Å²) in [4.78, 5) is 23.7. The third kappa shape index (κ3) is 4.17. The maximum Gasteiger partial charge on any atom is 0.340 e. The van der Waals surface area contributed by atoms with Gasteiger partial charge in [0.15, 0.2) is 0 Å². The molecule has 25 heavy (non-hydrogen) atoms. The van der Waals surface area contributed by atoms with Crippen LogP contribution < -0.4 is 10.6 Å². The number of primary amides is 1. The molecule has 0 spiro atoms. The SMILES string of the molecule is O=C1C=C(c2ccc(CNC(=O)c3c(Cl)cccc3Cl)cc2)C=C[NH2+]1. The Morgan fingerprint density at radius 1 is 1.04 bits per heavy atom. The number of hydrogen-bond acceptors (Lipinski definition) is 2. The number of carbonyl (C=O) groups excluding carboxylic acids is 2. The van der Waals surface area contributed by atoms with E-state index in [0.29, 0.717) is 16.6 Å². The van der Waals surface area contributed by atoms with E-state index in [0.717, 1.165) is 16.7 Å². The van der Waals surface area contributed by atoms with Gasteiger partial charge in [-0.1, -0.05) is 53.5 Å². The Bertz CT molecular complexity index is 867. The highest BCUT2D eigenvalue weighted by molar-refractivity contribution is 6.39. The molecule has 4 nitrogen and oxygen atoms in total. The molecular formula is C19H15Cl2N2O2+. The Morgan fingerprint density at radius 2 is 1.72 bits per heavy atom. The van der Waals surface area contributed by atoms with Crippen LogP contribution in [-0.2, 0) is 11.3 Å². The summed E-state index contributed by atoms with van der Waals surface area (Å²) in [7, 11) is 0. The first-order chi connectivity index (χ1) is 12.0. The summed E-state index contributed by atoms with van der Waals surface area (Å²) in [5.41, 5.74) is 3.01. The lowest BCUT2D eigenvalue weighted by Gasteiger charge is -2.10. The molecule has 1 aliphatic rings. The van der Waals surface area contributed by atoms with Gasteiger partial charge in [0.05, 0.1) is 21.7 Å². The summed E-state index contributed by atoms with van der Waals surface area (Å²) in [6, 6.07) is 12.6. The van der Waals surface area contributed by atoms with E-state index < -0.39 is 0 Å². The highest BCUT2D eigenvalue weighted by Crippen LogP contribution is 2.24. The number of halogens is 2. The van der Waals surface area contributed by atoms with Crippen molar-refractivity contribution in [2.45, 2.75) is 6.54 Å². The van der Waals surface area contributed by atoms with E-state index in [1.54, 1.807) is 30.5 Å². The number of allylic oxidation sites excluding steroid dienone is 2. The highest BCUT2D eigenvalue weighted by atomic mass is 35.5. The van der Waals surface area contributed by atoms with Crippen molar-refractivity contribution in [2.75, 3.05) is 0 Å². The Kier molecular flexibility index (Phi) is 5.34. The van der Waals surface area contributed by atoms with E-state index in [-0.39, 0.29) is 17.4 Å². The van der Waals surface area contributed by atoms with E-state index >= 15 is 0 Å². The highest BCUT2D eigenvalue weighted by Gasteiger charge is 2.14. The Labute approximate surface area is 155 Å². The Balaban J connectivity index is 1.67. The lowest BCUT2D eigenvalue weighted by atomic mass is 10.0. The molecule has 3 rings (SSSR count). The quantitative estimate of drug-likeness (QED) is 0.865. The topological polar surface area (TPSA) is 62.8 Å². The van der Waals surface area contributed by atoms with Gasteiger partial charge in [0, 0.05) is 6.54 Å². The summed E-state index contributed by atoms with van der Waals surface area (Å²) >= 11 is 12.1. The lowest BCUT2D eigenvalue weighted by molar-refractivity contribution is -0.494. The van der Waals surface area contributed by atoms with Gasteiger partial charge in [0.25, 0.3) is 5.91 Å². The maximum atomic E-state index is 12.3. The van der Waals surface area contributed by atoms with Crippen LogP contribution in [0.3, 0.4) is 0 Å². The van der Waals surface area contributed by atoms with Gasteiger partial charge < -0.3 is 5.32 Å². The van der Waals surface area contributed by atoms with Crippen molar-refractivity contribution in [3.05, 3.63) is 87.6 Å². The van der Waals surface area contributed by atoms with Gasteiger partial charge in [-0.05, 0) is 34.9 Å². The fourth-order valence-corrected chi connectivity index (χ4v) is 3.05. The van der Waals surface area contributed by atoms with Crippen molar-refractivity contribution >= 4 is 40.6 Å². The van der Waals surface area contributed by atoms with Crippen molar-refractivity contribution in [3.8, 4) is 0 Å². The molecule has 1 heterocycles. The van der Waals surface area contributed by atoms with Gasteiger partial charge in [-0.2, -0.15) is 0 Å². The molecule has 0 saturated carbocycles. The average molecular weight is 374 g/mol. The molecule has 2 aromatic carbocycles. The molecule has 0 aliphatic carbocycles. The van der Waals surface area contributed by atoms with E-state index in [9.17, 15) is 9.59 Å². The first kappa shape index (κ1) is 17.4. The van der Waals surface area contributed by atoms with E-state index in [1.165, 1.54) is 5.32 Å². The summed E-state index contributed by atoms with van der Waals surface area (Å²) in [6.45, 7) is 0.349. The number of amides is 2. The van der Waals surface area contributed by atoms with Gasteiger partial charge in [-0.3, -0.25) is 10.1 Å². The minimum Gasteiger partial charge on any atom is -0.348 e. The van der Waals surface area contributed by atoms with Crippen LogP contribution in [0.15, 0.2) is 60.8 Å². The normalized spacial score (nSPS) is 13.5. The molecule has 0 atom stereocenters. The molecule has 2 amide bonds. The molecule has 0 saturated heterocycles. The molecule has 6 heteroatoms. The maximum absolute atomic E-state index is 12.3. The first-order valence-electron chi connectivity index (χ1n) is 7.63. The molecule has 3 N–H and O–H groups in total. The summed E-state index contributed by atoms with van der Waals surface area (Å²) in [5, 5.41) is 4.96. The minimum atomic E-state index is -0.321. The smallest absolute Gasteiger partial charge is 0.340 e. The van der Waals surface area contributed by atoms with Crippen LogP contribution in [0.1, 0.15) is 21.5 Å². The van der Waals surface area contributed by atoms with Crippen molar-refractivity contribution in [1.82, 2.24) is 5.32 Å². The van der Waals surface area contributed by atoms with Gasteiger partial charge in [0.1, 0.15) is 6.20 Å². The number of hydrogen-bond donors (Lipinski definition) is 2. The number of benzene rings is 2. The third-order valence-corrected chi connectivity index (χ3v) is 4.39. The first-order valence-corrected chi connectivity index (χ1v) is 8.39. The van der Waals surface area contributed by atoms with Gasteiger partial charge in [-0.15, -0.1) is 0 Å². The van der Waals surface area contributed by atoms with Crippen LogP contribution in [-0.4, -0.2) is 11.8 Å². The zero-order valence-corrected chi connectivity index (χ0v) is 14.6. The molecule has 0 unspecified atom stereocenters. The Morgan fingerprint density at radius 3 is 2.36 bits per heavy atom. The Hall–Kier alpha value is -2.40. The van der Waals surface area contributed by atoms with Crippen LogP contribution >= 0.6 is 23.2 Å². The number of rotatable bonds is 4. The van der Waals surface area contributed by atoms with E-state index in [4.69, 9.17) is 23.2 Å². The molecule has 0 radical (unpaired) electrons. The van der Waals surface area contributed by atoms with Crippen molar-refractivity contribution in [3.63, 3.8) is 0 Å². The predicted octanol–water partition coefficient (Wildman–Crippen LogP) is 2.92. The zero-order chi connectivity index (χ0) is 17.8. The average Bonchev–Trinajstić information content (AvgIpc) is 2.60. The summed E-state index contributed by atoms with van der Waals surface area (Å²) in [5.74, 6) is -0.343. The van der Waals surface area contributed by atoms with Crippen molar-refractivity contribution < 1.29 is 14.9 Å². The second kappa shape index (κ2) is 7.66. The fraction of sp³-hybridized carbons (Fsp3) is 0.0526. The zero-order valence-electron chi connectivity index (χ0n) is 13.1. The molecule has 0 fully saturated rings. The van der Waals surface area contributed by atoms with E-state index in [1.807, 2.05) is 30.3 Å². The molecule has 0 aromatic heterocycles. The van der Waals surface area contributed by atoms with Crippen LogP contribution in [0.2, 0.25) is 10.0 Å². The van der Waals surface area contributed by atoms with Gasteiger partial charge in [-0.25, -0.2) is 4.79 Å². The van der Waals surface area contributed by atoms with Crippen molar-refractivity contribution in [1.29, 1.82) is 0 Å². The molecule has 1 aliphatic heterocycles. The van der Waals surface area contributed by atoms with Gasteiger partial charge in [0.2, 0.25) is 0 Å². The fourth-order valence-electron chi connectivity index (χ4n) is 2.48. The van der Waals surface area contributed by atoms with Crippen LogP contribution in [0.25, 0.3) is 5.57 Å². The molecule has 126 valence electrons. The minimum absolute atomic E-state index is 0.0227. The number of nitrogens with two attached hydrogens (primary N) is 1. The van der Waals surface area contributed by atoms with Crippen molar-refractivity contribution in [2.24, 2.45) is 0 Å². The second-order valence-corrected chi connectivity index (χ2v) is 6.32. The monoisotopic (exact) mass is 373 g/mol. The largest absolute Gasteiger partial charge is 0.348 e. The van der Waals surface area contributed by atoms with Gasteiger partial charge >= 0.3 is 5.91 Å². The van der Waals surface area contributed by atoms with Crippen LogP contribution in [0.4, 0.5) is 0 Å². The third-order valence-electron chi connectivity index (χ3n) is 3.76. The van der Waals surface area contributed by atoms with Crippen LogP contribution in [0.5, 0.6) is 0 Å².